The van der Waals surface area contributed by atoms with Gasteiger partial charge in [0.2, 0.25) is 5.03 Å². The number of nitriles is 1. The molecule has 0 radical (unpaired) electrons. The van der Waals surface area contributed by atoms with Crippen molar-refractivity contribution >= 4 is 21.4 Å². The molecule has 1 aromatic heterocycles. The SMILES string of the molecule is N#Cc1ccc(NS(=O)(=O)c2ncccc2NN)c(F)c1. The standard InChI is InChI=1S/C12H10FN5O2S/c13-9-6-8(7-14)3-4-10(9)18-21(19,20)12-11(17-15)2-1-5-16-12/h1-6,17-18H,15H2. The maximum Gasteiger partial charge on any atom is 0.281 e. The summed E-state index contributed by atoms with van der Waals surface area (Å²) in [6.07, 6.45) is 1.27. The lowest BCUT2D eigenvalue weighted by Crippen LogP contribution is -2.19. The fourth-order valence-corrected chi connectivity index (χ4v) is 2.74. The van der Waals surface area contributed by atoms with Crippen molar-refractivity contribution in [3.8, 4) is 6.07 Å². The molecule has 2 aromatic rings. The molecule has 0 fully saturated rings. The number of hydrogen-bond donors (Lipinski definition) is 3. The van der Waals surface area contributed by atoms with Gasteiger partial charge in [-0.15, -0.1) is 0 Å². The number of nitrogen functional groups attached to an aromatic ring is 1. The second-order valence-electron chi connectivity index (χ2n) is 3.91. The Kier molecular flexibility index (Phi) is 4.02. The summed E-state index contributed by atoms with van der Waals surface area (Å²) in [5, 5.41) is 8.28. The molecule has 0 atom stereocenters. The lowest BCUT2D eigenvalue weighted by molar-refractivity contribution is 0.595. The highest BCUT2D eigenvalue weighted by atomic mass is 32.2. The number of anilines is 2. The van der Waals surface area contributed by atoms with Gasteiger partial charge in [-0.1, -0.05) is 0 Å². The maximum atomic E-state index is 13.7. The van der Waals surface area contributed by atoms with Crippen molar-refractivity contribution in [3.63, 3.8) is 0 Å². The van der Waals surface area contributed by atoms with Crippen LogP contribution in [0, 0.1) is 17.1 Å². The van der Waals surface area contributed by atoms with E-state index in [0.717, 1.165) is 12.1 Å². The summed E-state index contributed by atoms with van der Waals surface area (Å²) in [7, 11) is -4.12. The van der Waals surface area contributed by atoms with E-state index in [2.05, 4.69) is 15.1 Å². The molecular formula is C12H10FN5O2S. The number of nitrogens with one attached hydrogen (secondary N) is 2. The minimum Gasteiger partial charge on any atom is -0.321 e. The summed E-state index contributed by atoms with van der Waals surface area (Å²) in [5.41, 5.74) is 2.06. The second kappa shape index (κ2) is 5.74. The number of nitrogens with two attached hydrogens (primary N) is 1. The Hall–Kier alpha value is -2.70. The second-order valence-corrected chi connectivity index (χ2v) is 5.51. The highest BCUT2D eigenvalue weighted by Gasteiger charge is 2.21. The number of hydrogen-bond acceptors (Lipinski definition) is 6. The molecular weight excluding hydrogens is 297 g/mol. The first-order valence-corrected chi connectivity index (χ1v) is 7.10. The average molecular weight is 307 g/mol. The number of benzene rings is 1. The molecule has 0 aliphatic rings. The summed E-state index contributed by atoms with van der Waals surface area (Å²) in [5.74, 6) is 4.35. The van der Waals surface area contributed by atoms with E-state index in [1.807, 2.05) is 0 Å². The molecule has 7 nitrogen and oxygen atoms in total. The maximum absolute atomic E-state index is 13.7. The minimum atomic E-state index is -4.12. The zero-order chi connectivity index (χ0) is 15.5. The summed E-state index contributed by atoms with van der Waals surface area (Å²) in [4.78, 5) is 3.71. The molecule has 21 heavy (non-hydrogen) atoms. The summed E-state index contributed by atoms with van der Waals surface area (Å²) < 4.78 is 40.2. The van der Waals surface area contributed by atoms with Crippen LogP contribution in [0.2, 0.25) is 0 Å². The Morgan fingerprint density at radius 1 is 1.29 bits per heavy atom. The lowest BCUT2D eigenvalue weighted by Gasteiger charge is -2.11. The fourth-order valence-electron chi connectivity index (χ4n) is 1.58. The van der Waals surface area contributed by atoms with Gasteiger partial charge in [-0.25, -0.2) is 9.37 Å². The number of pyridine rings is 1. The minimum absolute atomic E-state index is 0.0686. The van der Waals surface area contributed by atoms with Crippen molar-refractivity contribution in [1.82, 2.24) is 4.98 Å². The molecule has 1 aromatic carbocycles. The molecule has 0 aliphatic heterocycles. The van der Waals surface area contributed by atoms with E-state index >= 15 is 0 Å². The third-order valence-electron chi connectivity index (χ3n) is 2.52. The highest BCUT2D eigenvalue weighted by molar-refractivity contribution is 7.92. The molecule has 0 unspecified atom stereocenters. The molecule has 0 aliphatic carbocycles. The molecule has 2 rings (SSSR count). The first-order valence-electron chi connectivity index (χ1n) is 5.62. The zero-order valence-electron chi connectivity index (χ0n) is 10.5. The van der Waals surface area contributed by atoms with E-state index in [0.29, 0.717) is 0 Å². The number of aromatic nitrogens is 1. The third kappa shape index (κ3) is 3.07. The molecule has 1 heterocycles. The highest BCUT2D eigenvalue weighted by Crippen LogP contribution is 2.22. The van der Waals surface area contributed by atoms with E-state index < -0.39 is 15.8 Å². The van der Waals surface area contributed by atoms with E-state index in [1.54, 1.807) is 6.07 Å². The Bertz CT molecular complexity index is 817. The number of rotatable bonds is 4. The molecule has 9 heteroatoms. The van der Waals surface area contributed by atoms with Crippen LogP contribution in [0.4, 0.5) is 15.8 Å². The van der Waals surface area contributed by atoms with Crippen LogP contribution in [0.1, 0.15) is 5.56 Å². The number of hydrazine groups is 1. The molecule has 0 amide bonds. The Labute approximate surface area is 120 Å². The van der Waals surface area contributed by atoms with Gasteiger partial charge < -0.3 is 5.43 Å². The predicted molar refractivity (Wildman–Crippen MR) is 74.0 cm³/mol. The zero-order valence-corrected chi connectivity index (χ0v) is 11.4. The van der Waals surface area contributed by atoms with Gasteiger partial charge in [0.15, 0.2) is 0 Å². The molecule has 0 bridgehead atoms. The van der Waals surface area contributed by atoms with Gasteiger partial charge in [0.1, 0.15) is 5.82 Å². The number of halogens is 1. The van der Waals surface area contributed by atoms with Crippen LogP contribution in [0.15, 0.2) is 41.6 Å². The van der Waals surface area contributed by atoms with E-state index in [9.17, 15) is 12.8 Å². The van der Waals surface area contributed by atoms with Crippen LogP contribution in [-0.4, -0.2) is 13.4 Å². The van der Waals surface area contributed by atoms with Gasteiger partial charge in [-0.2, -0.15) is 13.7 Å². The van der Waals surface area contributed by atoms with E-state index in [-0.39, 0.29) is 22.0 Å². The summed E-state index contributed by atoms with van der Waals surface area (Å²) in [6.45, 7) is 0. The predicted octanol–water partition coefficient (Wildman–Crippen LogP) is 1.18. The quantitative estimate of drug-likeness (QED) is 0.576. The third-order valence-corrected chi connectivity index (χ3v) is 3.85. The monoisotopic (exact) mass is 307 g/mol. The van der Waals surface area contributed by atoms with E-state index in [1.165, 1.54) is 24.4 Å². The Morgan fingerprint density at radius 2 is 2.05 bits per heavy atom. The van der Waals surface area contributed by atoms with E-state index in [4.69, 9.17) is 11.1 Å². The van der Waals surface area contributed by atoms with Crippen LogP contribution in [-0.2, 0) is 10.0 Å². The molecule has 108 valence electrons. The number of sulfonamides is 1. The molecule has 0 saturated carbocycles. The normalized spacial score (nSPS) is 10.7. The van der Waals surface area contributed by atoms with Crippen molar-refractivity contribution in [3.05, 3.63) is 47.9 Å². The Morgan fingerprint density at radius 3 is 2.67 bits per heavy atom. The van der Waals surface area contributed by atoms with Gasteiger partial charge in [-0.05, 0) is 30.3 Å². The van der Waals surface area contributed by atoms with Crippen molar-refractivity contribution in [2.75, 3.05) is 10.1 Å². The molecule has 0 spiro atoms. The molecule has 4 N–H and O–H groups in total. The van der Waals surface area contributed by atoms with Crippen LogP contribution < -0.4 is 16.0 Å². The van der Waals surface area contributed by atoms with Gasteiger partial charge in [-0.3, -0.25) is 10.6 Å². The summed E-state index contributed by atoms with van der Waals surface area (Å²) >= 11 is 0. The average Bonchev–Trinajstić information content (AvgIpc) is 2.49. The largest absolute Gasteiger partial charge is 0.321 e. The van der Waals surface area contributed by atoms with Crippen molar-refractivity contribution in [2.24, 2.45) is 5.84 Å². The van der Waals surface area contributed by atoms with Crippen LogP contribution in [0.3, 0.4) is 0 Å². The summed E-state index contributed by atoms with van der Waals surface area (Å²) in [6, 6.07) is 8.04. The van der Waals surface area contributed by atoms with Gasteiger partial charge in [0, 0.05) is 6.20 Å². The Balaban J connectivity index is 2.41. The topological polar surface area (TPSA) is 121 Å². The molecule has 0 saturated heterocycles. The first kappa shape index (κ1) is 14.7. The fraction of sp³-hybridized carbons (Fsp3) is 0. The van der Waals surface area contributed by atoms with Crippen LogP contribution >= 0.6 is 0 Å². The van der Waals surface area contributed by atoms with Gasteiger partial charge in [0.05, 0.1) is 23.0 Å². The first-order chi connectivity index (χ1) is 9.97. The van der Waals surface area contributed by atoms with Crippen molar-refractivity contribution in [1.29, 1.82) is 5.26 Å². The number of nitrogens with zero attached hydrogens (tertiary/aromatic N) is 2. The van der Waals surface area contributed by atoms with Gasteiger partial charge in [0.25, 0.3) is 10.0 Å². The van der Waals surface area contributed by atoms with Crippen molar-refractivity contribution in [2.45, 2.75) is 5.03 Å². The van der Waals surface area contributed by atoms with Crippen molar-refractivity contribution < 1.29 is 12.8 Å². The van der Waals surface area contributed by atoms with Crippen LogP contribution in [0.5, 0.6) is 0 Å². The lowest BCUT2D eigenvalue weighted by atomic mass is 10.2. The van der Waals surface area contributed by atoms with Gasteiger partial charge >= 0.3 is 0 Å². The smallest absolute Gasteiger partial charge is 0.281 e. The van der Waals surface area contributed by atoms with Crippen LogP contribution in [0.25, 0.3) is 0 Å².